The molecule has 0 aromatic heterocycles. The Balaban J connectivity index is 2.06. The Labute approximate surface area is 153 Å². The molecule has 0 aliphatic heterocycles. The number of hydrogen-bond donors (Lipinski definition) is 0. The Morgan fingerprint density at radius 2 is 0.962 bits per heavy atom. The second-order valence-electron chi connectivity index (χ2n) is 7.07. The highest BCUT2D eigenvalue weighted by Gasteiger charge is 2.16. The molecule has 0 aliphatic rings. The van der Waals surface area contributed by atoms with Crippen LogP contribution in [0.25, 0.3) is 43.4 Å². The minimum atomic E-state index is 1.30. The van der Waals surface area contributed by atoms with Gasteiger partial charge < -0.3 is 0 Å². The molecule has 5 aromatic rings. The third-order valence-electron chi connectivity index (χ3n) is 5.58. The highest BCUT2D eigenvalue weighted by atomic mass is 14.2. The van der Waals surface area contributed by atoms with Gasteiger partial charge in [-0.2, -0.15) is 0 Å². The van der Waals surface area contributed by atoms with Gasteiger partial charge >= 0.3 is 0 Å². The fourth-order valence-corrected chi connectivity index (χ4v) is 4.35. The molecule has 0 saturated heterocycles. The van der Waals surface area contributed by atoms with Gasteiger partial charge in [-0.05, 0) is 68.4 Å². The molecule has 26 heavy (non-hydrogen) atoms. The molecule has 0 bridgehead atoms. The first kappa shape index (κ1) is 15.2. The first-order valence-corrected chi connectivity index (χ1v) is 9.14. The van der Waals surface area contributed by atoms with Crippen LogP contribution in [0.3, 0.4) is 0 Å². The van der Waals surface area contributed by atoms with Crippen molar-refractivity contribution in [2.75, 3.05) is 0 Å². The number of fused-ring (bicyclic) bond motifs is 4. The fourth-order valence-electron chi connectivity index (χ4n) is 4.35. The summed E-state index contributed by atoms with van der Waals surface area (Å²) in [5.41, 5.74) is 5.42. The van der Waals surface area contributed by atoms with Gasteiger partial charge in [-0.3, -0.25) is 0 Å². The van der Waals surface area contributed by atoms with Crippen molar-refractivity contribution in [3.63, 3.8) is 0 Å². The summed E-state index contributed by atoms with van der Waals surface area (Å²) in [5, 5.41) is 7.97. The second-order valence-corrected chi connectivity index (χ2v) is 7.07. The van der Waals surface area contributed by atoms with Crippen LogP contribution in [0, 0.1) is 13.8 Å². The maximum atomic E-state index is 2.27. The first-order chi connectivity index (χ1) is 12.8. The molecule has 0 spiro atoms. The van der Waals surface area contributed by atoms with Gasteiger partial charge in [0.05, 0.1) is 0 Å². The normalized spacial score (nSPS) is 11.5. The standard InChI is InChI=1S/C26H20/c1-17-15-16-19-9-3-4-11-21(19)25(17)26-18(2)20-10-5-6-12-22(20)23-13-7-8-14-24(23)26/h3-16H,1-2H3. The van der Waals surface area contributed by atoms with Crippen molar-refractivity contribution < 1.29 is 0 Å². The molecule has 0 N–H and O–H groups in total. The van der Waals surface area contributed by atoms with Crippen LogP contribution in [0.1, 0.15) is 11.1 Å². The molecule has 5 aromatic carbocycles. The SMILES string of the molecule is Cc1ccc2ccccc2c1-c1c(C)c2ccccc2c2ccccc12. The predicted molar refractivity (Wildman–Crippen MR) is 114 cm³/mol. The molecule has 0 heterocycles. The van der Waals surface area contributed by atoms with Gasteiger partial charge in [0, 0.05) is 0 Å². The summed E-state index contributed by atoms with van der Waals surface area (Å²) in [6, 6.07) is 30.8. The van der Waals surface area contributed by atoms with Crippen molar-refractivity contribution in [3.05, 3.63) is 96.1 Å². The van der Waals surface area contributed by atoms with E-state index in [4.69, 9.17) is 0 Å². The third-order valence-corrected chi connectivity index (χ3v) is 5.58. The molecule has 0 aliphatic carbocycles. The van der Waals surface area contributed by atoms with E-state index >= 15 is 0 Å². The van der Waals surface area contributed by atoms with Gasteiger partial charge in [-0.1, -0.05) is 84.9 Å². The molecule has 0 heteroatoms. The van der Waals surface area contributed by atoms with Gasteiger partial charge in [-0.25, -0.2) is 0 Å². The molecule has 0 amide bonds. The van der Waals surface area contributed by atoms with Crippen molar-refractivity contribution in [2.45, 2.75) is 13.8 Å². The summed E-state index contributed by atoms with van der Waals surface area (Å²) in [5.74, 6) is 0. The average molecular weight is 332 g/mol. The topological polar surface area (TPSA) is 0 Å². The monoisotopic (exact) mass is 332 g/mol. The van der Waals surface area contributed by atoms with E-state index in [2.05, 4.69) is 98.8 Å². The molecular formula is C26H20. The predicted octanol–water partition coefficient (Wildman–Crippen LogP) is 7.43. The Kier molecular flexibility index (Phi) is 3.33. The lowest BCUT2D eigenvalue weighted by molar-refractivity contribution is 1.47. The molecule has 0 saturated carbocycles. The maximum absolute atomic E-state index is 2.27. The third kappa shape index (κ3) is 2.09. The molecule has 0 fully saturated rings. The van der Waals surface area contributed by atoms with E-state index in [0.29, 0.717) is 0 Å². The van der Waals surface area contributed by atoms with Crippen LogP contribution in [0.2, 0.25) is 0 Å². The van der Waals surface area contributed by atoms with Gasteiger partial charge in [0.2, 0.25) is 0 Å². The van der Waals surface area contributed by atoms with Crippen LogP contribution in [0.5, 0.6) is 0 Å². The fraction of sp³-hybridized carbons (Fsp3) is 0.0769. The van der Waals surface area contributed by atoms with Gasteiger partial charge in [0.25, 0.3) is 0 Å². The van der Waals surface area contributed by atoms with E-state index in [-0.39, 0.29) is 0 Å². The van der Waals surface area contributed by atoms with Gasteiger partial charge in [-0.15, -0.1) is 0 Å². The summed E-state index contributed by atoms with van der Waals surface area (Å²) in [6.45, 7) is 4.50. The molecule has 0 atom stereocenters. The average Bonchev–Trinajstić information content (AvgIpc) is 2.70. The minimum Gasteiger partial charge on any atom is -0.0616 e. The van der Waals surface area contributed by atoms with Crippen LogP contribution >= 0.6 is 0 Å². The molecule has 0 unspecified atom stereocenters. The molecule has 124 valence electrons. The van der Waals surface area contributed by atoms with Crippen molar-refractivity contribution in [3.8, 4) is 11.1 Å². The maximum Gasteiger partial charge on any atom is -0.00608 e. The van der Waals surface area contributed by atoms with E-state index in [1.54, 1.807) is 0 Å². The van der Waals surface area contributed by atoms with Crippen LogP contribution in [-0.2, 0) is 0 Å². The summed E-state index contributed by atoms with van der Waals surface area (Å²) in [4.78, 5) is 0. The van der Waals surface area contributed by atoms with E-state index < -0.39 is 0 Å². The Morgan fingerprint density at radius 1 is 0.423 bits per heavy atom. The molecular weight excluding hydrogens is 312 g/mol. The van der Waals surface area contributed by atoms with E-state index in [9.17, 15) is 0 Å². The number of benzene rings is 5. The van der Waals surface area contributed by atoms with E-state index in [1.165, 1.54) is 54.6 Å². The molecule has 0 radical (unpaired) electrons. The Hall–Kier alpha value is -3.12. The van der Waals surface area contributed by atoms with E-state index in [1.807, 2.05) is 0 Å². The molecule has 5 rings (SSSR count). The zero-order valence-corrected chi connectivity index (χ0v) is 15.1. The first-order valence-electron chi connectivity index (χ1n) is 9.14. The van der Waals surface area contributed by atoms with Crippen LogP contribution in [-0.4, -0.2) is 0 Å². The van der Waals surface area contributed by atoms with Gasteiger partial charge in [0.1, 0.15) is 0 Å². The summed E-state index contributed by atoms with van der Waals surface area (Å²) < 4.78 is 0. The lowest BCUT2D eigenvalue weighted by Gasteiger charge is -2.18. The van der Waals surface area contributed by atoms with E-state index in [0.717, 1.165) is 0 Å². The summed E-state index contributed by atoms with van der Waals surface area (Å²) in [7, 11) is 0. The quantitative estimate of drug-likeness (QED) is 0.280. The molecule has 0 nitrogen and oxygen atoms in total. The van der Waals surface area contributed by atoms with Gasteiger partial charge in [0.15, 0.2) is 0 Å². The lowest BCUT2D eigenvalue weighted by atomic mass is 9.85. The Bertz CT molecular complexity index is 1290. The smallest absolute Gasteiger partial charge is 0.00608 e. The second kappa shape index (κ2) is 5.71. The minimum absolute atomic E-state index is 1.30. The zero-order valence-electron chi connectivity index (χ0n) is 15.1. The summed E-state index contributed by atoms with van der Waals surface area (Å²) >= 11 is 0. The summed E-state index contributed by atoms with van der Waals surface area (Å²) in [6.07, 6.45) is 0. The highest BCUT2D eigenvalue weighted by molar-refractivity contribution is 6.18. The lowest BCUT2D eigenvalue weighted by Crippen LogP contribution is -1.93. The number of hydrogen-bond acceptors (Lipinski definition) is 0. The van der Waals surface area contributed by atoms with Crippen molar-refractivity contribution >= 4 is 32.3 Å². The zero-order chi connectivity index (χ0) is 17.7. The van der Waals surface area contributed by atoms with Crippen molar-refractivity contribution in [1.82, 2.24) is 0 Å². The van der Waals surface area contributed by atoms with Crippen LogP contribution in [0.15, 0.2) is 84.9 Å². The van der Waals surface area contributed by atoms with Crippen LogP contribution < -0.4 is 0 Å². The van der Waals surface area contributed by atoms with Crippen molar-refractivity contribution in [1.29, 1.82) is 0 Å². The number of aryl methyl sites for hydroxylation is 2. The Morgan fingerprint density at radius 3 is 1.69 bits per heavy atom. The highest BCUT2D eigenvalue weighted by Crippen LogP contribution is 2.42. The van der Waals surface area contributed by atoms with Crippen molar-refractivity contribution in [2.24, 2.45) is 0 Å². The largest absolute Gasteiger partial charge is 0.0616 e. The number of rotatable bonds is 1. The van der Waals surface area contributed by atoms with Crippen LogP contribution in [0.4, 0.5) is 0 Å².